The Morgan fingerprint density at radius 1 is 1.04 bits per heavy atom. The zero-order valence-corrected chi connectivity index (χ0v) is 15.0. The van der Waals surface area contributed by atoms with Gasteiger partial charge >= 0.3 is 0 Å². The lowest BCUT2D eigenvalue weighted by molar-refractivity contribution is 0.0626. The van der Waals surface area contributed by atoms with E-state index in [1.165, 1.54) is 24.0 Å². The lowest BCUT2D eigenvalue weighted by atomic mass is 10.2. The van der Waals surface area contributed by atoms with Crippen LogP contribution in [0, 0.1) is 6.92 Å². The van der Waals surface area contributed by atoms with Crippen LogP contribution in [0.25, 0.3) is 0 Å². The van der Waals surface area contributed by atoms with Crippen LogP contribution in [0.3, 0.4) is 0 Å². The molecule has 4 heteroatoms. The molecule has 1 unspecified atom stereocenters. The van der Waals surface area contributed by atoms with Crippen molar-refractivity contribution >= 4 is 0 Å². The minimum absolute atomic E-state index is 0.314. The summed E-state index contributed by atoms with van der Waals surface area (Å²) in [5.41, 5.74) is 2.44. The molecule has 2 aromatic carbocycles. The number of ether oxygens (including phenoxy) is 2. The highest BCUT2D eigenvalue weighted by Crippen LogP contribution is 2.29. The second kappa shape index (κ2) is 8.37. The van der Waals surface area contributed by atoms with Crippen molar-refractivity contribution in [3.05, 3.63) is 59.7 Å². The van der Waals surface area contributed by atoms with Crippen molar-refractivity contribution in [2.45, 2.75) is 38.5 Å². The predicted octanol–water partition coefficient (Wildman–Crippen LogP) is 3.41. The van der Waals surface area contributed by atoms with Gasteiger partial charge in [-0.1, -0.05) is 29.8 Å². The second-order valence-corrected chi connectivity index (χ2v) is 6.79. The summed E-state index contributed by atoms with van der Waals surface area (Å²) in [6.07, 6.45) is 1.92. The lowest BCUT2D eigenvalue weighted by Crippen LogP contribution is -2.36. The molecular formula is C21H27NO3. The molecule has 0 spiro atoms. The molecular weight excluding hydrogens is 314 g/mol. The van der Waals surface area contributed by atoms with E-state index >= 15 is 0 Å². The quantitative estimate of drug-likeness (QED) is 0.759. The van der Waals surface area contributed by atoms with Gasteiger partial charge in [0.05, 0.1) is 7.11 Å². The fraction of sp³-hybridized carbons (Fsp3) is 0.429. The molecule has 0 bridgehead atoms. The molecule has 25 heavy (non-hydrogen) atoms. The van der Waals surface area contributed by atoms with E-state index in [9.17, 15) is 5.11 Å². The number of benzene rings is 2. The van der Waals surface area contributed by atoms with Crippen molar-refractivity contribution in [2.24, 2.45) is 0 Å². The molecule has 3 rings (SSSR count). The highest BCUT2D eigenvalue weighted by Gasteiger charge is 2.30. The maximum absolute atomic E-state index is 10.4. The molecule has 134 valence electrons. The summed E-state index contributed by atoms with van der Waals surface area (Å²) in [5.74, 6) is 1.67. The van der Waals surface area contributed by atoms with Crippen molar-refractivity contribution in [3.8, 4) is 11.5 Å². The summed E-state index contributed by atoms with van der Waals surface area (Å²) >= 11 is 0. The van der Waals surface area contributed by atoms with Crippen LogP contribution in [0.4, 0.5) is 0 Å². The molecule has 0 heterocycles. The number of hydrogen-bond acceptors (Lipinski definition) is 4. The number of hydrogen-bond donors (Lipinski definition) is 1. The number of methoxy groups -OCH3 is 1. The highest BCUT2D eigenvalue weighted by atomic mass is 16.5. The first kappa shape index (κ1) is 17.8. The smallest absolute Gasteiger partial charge is 0.119 e. The first-order valence-corrected chi connectivity index (χ1v) is 8.88. The third kappa shape index (κ3) is 5.48. The standard InChI is InChI=1S/C21H27NO3/c1-16-3-9-21(10-4-16)25-15-19(23)14-22(18-7-8-18)13-17-5-11-20(24-2)12-6-17/h3-6,9-12,18-19,23H,7-8,13-15H2,1-2H3. The van der Waals surface area contributed by atoms with E-state index in [4.69, 9.17) is 9.47 Å². The van der Waals surface area contributed by atoms with Gasteiger partial charge in [-0.2, -0.15) is 0 Å². The largest absolute Gasteiger partial charge is 0.497 e. The summed E-state index contributed by atoms with van der Waals surface area (Å²) in [6.45, 7) is 3.83. The van der Waals surface area contributed by atoms with E-state index in [-0.39, 0.29) is 0 Å². The van der Waals surface area contributed by atoms with Gasteiger partial charge in [0, 0.05) is 19.1 Å². The molecule has 0 amide bonds. The molecule has 4 nitrogen and oxygen atoms in total. The third-order valence-corrected chi connectivity index (χ3v) is 4.52. The van der Waals surface area contributed by atoms with Crippen molar-refractivity contribution in [1.29, 1.82) is 0 Å². The summed E-state index contributed by atoms with van der Waals surface area (Å²) in [5, 5.41) is 10.4. The van der Waals surface area contributed by atoms with E-state index < -0.39 is 6.10 Å². The Hall–Kier alpha value is -2.04. The van der Waals surface area contributed by atoms with Crippen LogP contribution in [0.5, 0.6) is 11.5 Å². The number of nitrogens with zero attached hydrogens (tertiary/aromatic N) is 1. The Kier molecular flexibility index (Phi) is 5.95. The minimum Gasteiger partial charge on any atom is -0.497 e. The van der Waals surface area contributed by atoms with Gasteiger partial charge in [-0.3, -0.25) is 4.90 Å². The van der Waals surface area contributed by atoms with Gasteiger partial charge < -0.3 is 14.6 Å². The Bertz CT molecular complexity index is 650. The minimum atomic E-state index is -0.500. The SMILES string of the molecule is COc1ccc(CN(CC(O)COc2ccc(C)cc2)C2CC2)cc1. The fourth-order valence-electron chi connectivity index (χ4n) is 2.90. The average molecular weight is 341 g/mol. The van der Waals surface area contributed by atoms with Gasteiger partial charge in [0.25, 0.3) is 0 Å². The monoisotopic (exact) mass is 341 g/mol. The van der Waals surface area contributed by atoms with Gasteiger partial charge in [0.1, 0.15) is 24.2 Å². The maximum Gasteiger partial charge on any atom is 0.119 e. The van der Waals surface area contributed by atoms with E-state index in [1.54, 1.807) is 7.11 Å². The van der Waals surface area contributed by atoms with Crippen LogP contribution in [0.15, 0.2) is 48.5 Å². The predicted molar refractivity (Wildman–Crippen MR) is 99.1 cm³/mol. The van der Waals surface area contributed by atoms with Gasteiger partial charge in [0.15, 0.2) is 0 Å². The van der Waals surface area contributed by atoms with Crippen LogP contribution in [0.1, 0.15) is 24.0 Å². The van der Waals surface area contributed by atoms with Gasteiger partial charge in [0.2, 0.25) is 0 Å². The normalized spacial score (nSPS) is 15.2. The van der Waals surface area contributed by atoms with Crippen LogP contribution >= 0.6 is 0 Å². The summed E-state index contributed by atoms with van der Waals surface area (Å²) < 4.78 is 10.9. The number of aliphatic hydroxyl groups is 1. The molecule has 0 aromatic heterocycles. The van der Waals surface area contributed by atoms with Crippen LogP contribution in [0.2, 0.25) is 0 Å². The average Bonchev–Trinajstić information content (AvgIpc) is 3.46. The molecule has 0 aliphatic heterocycles. The van der Waals surface area contributed by atoms with E-state index in [0.717, 1.165) is 18.0 Å². The van der Waals surface area contributed by atoms with Crippen LogP contribution in [-0.4, -0.2) is 42.4 Å². The summed E-state index contributed by atoms with van der Waals surface area (Å²) in [4.78, 5) is 2.35. The first-order valence-electron chi connectivity index (χ1n) is 8.88. The zero-order chi connectivity index (χ0) is 17.6. The zero-order valence-electron chi connectivity index (χ0n) is 15.0. The molecule has 1 aliphatic rings. The lowest BCUT2D eigenvalue weighted by Gasteiger charge is -2.25. The third-order valence-electron chi connectivity index (χ3n) is 4.52. The van der Waals surface area contributed by atoms with Gasteiger partial charge in [-0.05, 0) is 49.6 Å². The van der Waals surface area contributed by atoms with Crippen molar-refractivity contribution < 1.29 is 14.6 Å². The topological polar surface area (TPSA) is 41.9 Å². The molecule has 2 aromatic rings. The van der Waals surface area contributed by atoms with Crippen molar-refractivity contribution in [2.75, 3.05) is 20.3 Å². The van der Waals surface area contributed by atoms with Gasteiger partial charge in [-0.25, -0.2) is 0 Å². The fourth-order valence-corrected chi connectivity index (χ4v) is 2.90. The molecule has 1 saturated carbocycles. The Labute approximate surface area is 150 Å². The van der Waals surface area contributed by atoms with Crippen molar-refractivity contribution in [1.82, 2.24) is 4.90 Å². The molecule has 0 saturated heterocycles. The van der Waals surface area contributed by atoms with E-state index in [2.05, 4.69) is 17.0 Å². The Morgan fingerprint density at radius 3 is 2.28 bits per heavy atom. The van der Waals surface area contributed by atoms with Gasteiger partial charge in [-0.15, -0.1) is 0 Å². The summed E-state index contributed by atoms with van der Waals surface area (Å²) in [7, 11) is 1.68. The Balaban J connectivity index is 1.51. The highest BCUT2D eigenvalue weighted by molar-refractivity contribution is 5.27. The van der Waals surface area contributed by atoms with Crippen molar-refractivity contribution in [3.63, 3.8) is 0 Å². The number of aliphatic hydroxyl groups excluding tert-OH is 1. The molecule has 1 fully saturated rings. The molecule has 1 N–H and O–H groups in total. The first-order chi connectivity index (χ1) is 12.1. The number of rotatable bonds is 9. The second-order valence-electron chi connectivity index (χ2n) is 6.79. The number of aryl methyl sites for hydroxylation is 1. The Morgan fingerprint density at radius 2 is 1.68 bits per heavy atom. The molecule has 1 atom stereocenters. The molecule has 1 aliphatic carbocycles. The molecule has 0 radical (unpaired) electrons. The van der Waals surface area contributed by atoms with Crippen LogP contribution in [-0.2, 0) is 6.54 Å². The van der Waals surface area contributed by atoms with Crippen LogP contribution < -0.4 is 9.47 Å². The summed E-state index contributed by atoms with van der Waals surface area (Å²) in [6, 6.07) is 16.6. The van der Waals surface area contributed by atoms with E-state index in [1.807, 2.05) is 43.3 Å². The maximum atomic E-state index is 10.4. The van der Waals surface area contributed by atoms with E-state index in [0.29, 0.717) is 19.2 Å².